The van der Waals surface area contributed by atoms with Crippen molar-refractivity contribution in [1.82, 2.24) is 4.57 Å². The largest absolute Gasteiger partial charge is 0.465 e. The summed E-state index contributed by atoms with van der Waals surface area (Å²) in [5, 5.41) is 4.49. The molecule has 6 nitrogen and oxygen atoms in total. The van der Waals surface area contributed by atoms with Gasteiger partial charge in [-0.25, -0.2) is 9.78 Å². The summed E-state index contributed by atoms with van der Waals surface area (Å²) in [6, 6.07) is 12.5. The lowest BCUT2D eigenvalue weighted by atomic mass is 10.3. The summed E-state index contributed by atoms with van der Waals surface area (Å²) in [7, 11) is 0. The topological polar surface area (TPSA) is 78.4 Å². The molecular weight excluding hydrogens is 430 g/mol. The lowest BCUT2D eigenvalue weighted by molar-refractivity contribution is -0.404. The number of thiophene rings is 1. The molecule has 4 rings (SSSR count). The highest BCUT2D eigenvalue weighted by molar-refractivity contribution is 7.99. The van der Waals surface area contributed by atoms with Gasteiger partial charge in [0, 0.05) is 4.88 Å². The number of H-pyrrole nitrogens is 1. The maximum Gasteiger partial charge on any atom is 0.347 e. The molecule has 9 heteroatoms. The minimum atomic E-state index is -0.212. The Bertz CT molecular complexity index is 1230. The number of rotatable bonds is 6. The second-order valence-electron chi connectivity index (χ2n) is 6.32. The first kappa shape index (κ1) is 19.8. The molecule has 2 N–H and O–H groups in total. The number of fused-ring (bicyclic) bond motifs is 1. The summed E-state index contributed by atoms with van der Waals surface area (Å²) in [6.07, 6.45) is 1.57. The molecule has 148 valence electrons. The number of hydrogen-bond acceptors (Lipinski definition) is 5. The summed E-state index contributed by atoms with van der Waals surface area (Å²) in [4.78, 5) is 30.6. The van der Waals surface area contributed by atoms with Crippen LogP contribution in [0.15, 0.2) is 63.1 Å². The van der Waals surface area contributed by atoms with Crippen LogP contribution in [0.3, 0.4) is 0 Å². The molecule has 0 saturated carbocycles. The normalized spacial score (nSPS) is 11.1. The first-order chi connectivity index (χ1) is 14.0. The Morgan fingerprint density at radius 1 is 1.31 bits per heavy atom. The monoisotopic (exact) mass is 446 g/mol. The van der Waals surface area contributed by atoms with Crippen molar-refractivity contribution in [2.45, 2.75) is 18.6 Å². The number of furan rings is 1. The second kappa shape index (κ2) is 8.44. The minimum Gasteiger partial charge on any atom is -0.465 e. The van der Waals surface area contributed by atoms with E-state index in [9.17, 15) is 9.59 Å². The maximum atomic E-state index is 13.0. The average molecular weight is 447 g/mol. The van der Waals surface area contributed by atoms with Crippen molar-refractivity contribution in [3.8, 4) is 0 Å². The van der Waals surface area contributed by atoms with E-state index in [2.05, 4.69) is 10.3 Å². The molecule has 0 atom stereocenters. The molecule has 1 aromatic carbocycles. The molecule has 0 aliphatic rings. The van der Waals surface area contributed by atoms with E-state index in [1.165, 1.54) is 23.1 Å². The quantitative estimate of drug-likeness (QED) is 0.355. The van der Waals surface area contributed by atoms with Crippen molar-refractivity contribution in [2.24, 2.45) is 0 Å². The van der Waals surface area contributed by atoms with Gasteiger partial charge in [-0.1, -0.05) is 35.1 Å². The molecular formula is C20H17ClN3O3S2+. The number of amides is 1. The van der Waals surface area contributed by atoms with Crippen LogP contribution < -0.4 is 15.9 Å². The van der Waals surface area contributed by atoms with Gasteiger partial charge < -0.3 is 9.73 Å². The number of halogens is 1. The van der Waals surface area contributed by atoms with Crippen molar-refractivity contribution in [1.29, 1.82) is 0 Å². The van der Waals surface area contributed by atoms with E-state index >= 15 is 0 Å². The zero-order valence-corrected chi connectivity index (χ0v) is 17.8. The number of aryl methyl sites for hydroxylation is 1. The number of nitrogens with zero attached hydrogens (tertiary/aromatic N) is 1. The molecule has 0 fully saturated rings. The number of aromatic amines is 1. The molecule has 0 spiro atoms. The zero-order valence-electron chi connectivity index (χ0n) is 15.4. The predicted molar refractivity (Wildman–Crippen MR) is 116 cm³/mol. The van der Waals surface area contributed by atoms with Crippen molar-refractivity contribution < 1.29 is 14.2 Å². The van der Waals surface area contributed by atoms with Crippen LogP contribution in [0.1, 0.15) is 10.6 Å². The standard InChI is InChI=1S/C20H16ClN3O3S2/c1-12-9-14-18(29-12)23-20(24(19(14)26)10-13-5-4-8-27-13)28-11-17(25)22-16-7-3-2-6-15(16)21/h2-9H,10-11H2,1H3,(H,22,25)/p+1. The highest BCUT2D eigenvalue weighted by Gasteiger charge is 2.22. The van der Waals surface area contributed by atoms with E-state index in [-0.39, 0.29) is 23.8 Å². The van der Waals surface area contributed by atoms with Gasteiger partial charge in [0.2, 0.25) is 5.91 Å². The summed E-state index contributed by atoms with van der Waals surface area (Å²) >= 11 is 8.87. The smallest absolute Gasteiger partial charge is 0.347 e. The number of thioether (sulfide) groups is 1. The van der Waals surface area contributed by atoms with E-state index in [4.69, 9.17) is 16.0 Å². The third-order valence-electron chi connectivity index (χ3n) is 4.18. The summed E-state index contributed by atoms with van der Waals surface area (Å²) in [5.41, 5.74) is 0.439. The molecule has 3 heterocycles. The van der Waals surface area contributed by atoms with Crippen LogP contribution in [0.25, 0.3) is 10.2 Å². The van der Waals surface area contributed by atoms with Crippen molar-refractivity contribution in [2.75, 3.05) is 11.1 Å². The van der Waals surface area contributed by atoms with Gasteiger partial charge in [-0.3, -0.25) is 4.79 Å². The van der Waals surface area contributed by atoms with Gasteiger partial charge >= 0.3 is 10.7 Å². The number of nitrogens with one attached hydrogen (secondary N) is 2. The molecule has 0 aliphatic heterocycles. The van der Waals surface area contributed by atoms with Crippen molar-refractivity contribution in [3.05, 3.63) is 74.7 Å². The van der Waals surface area contributed by atoms with Crippen LogP contribution in [0, 0.1) is 6.92 Å². The SMILES string of the molecule is Cc1cc2c(=O)n(Cc3ccco3)c(SCC(=O)Nc3ccccc3Cl)[nH+]c2s1. The van der Waals surface area contributed by atoms with Crippen LogP contribution in [0.4, 0.5) is 5.69 Å². The highest BCUT2D eigenvalue weighted by atomic mass is 35.5. The molecule has 0 unspecified atom stereocenters. The molecule has 0 bridgehead atoms. The number of anilines is 1. The third-order valence-corrected chi connectivity index (χ3v) is 6.48. The van der Waals surface area contributed by atoms with Crippen LogP contribution in [0.5, 0.6) is 0 Å². The highest BCUT2D eigenvalue weighted by Crippen LogP contribution is 2.23. The fourth-order valence-corrected chi connectivity index (χ4v) is 4.83. The number of para-hydroxylation sites is 1. The molecule has 4 aromatic rings. The Labute approximate surface area is 179 Å². The van der Waals surface area contributed by atoms with Crippen LogP contribution >= 0.6 is 34.7 Å². The first-order valence-corrected chi connectivity index (χ1v) is 10.9. The zero-order chi connectivity index (χ0) is 20.4. The van der Waals surface area contributed by atoms with E-state index < -0.39 is 0 Å². The van der Waals surface area contributed by atoms with Gasteiger partial charge in [0.15, 0.2) is 11.4 Å². The van der Waals surface area contributed by atoms with Crippen LogP contribution in [-0.4, -0.2) is 16.2 Å². The van der Waals surface area contributed by atoms with Crippen LogP contribution in [0.2, 0.25) is 5.02 Å². The van der Waals surface area contributed by atoms with Gasteiger partial charge in [-0.05, 0) is 49.0 Å². The molecule has 0 radical (unpaired) electrons. The van der Waals surface area contributed by atoms with Crippen molar-refractivity contribution >= 4 is 56.5 Å². The van der Waals surface area contributed by atoms with Gasteiger partial charge in [0.1, 0.15) is 11.1 Å². The Kier molecular flexibility index (Phi) is 5.75. The number of carbonyl (C=O) groups excluding carboxylic acids is 1. The van der Waals surface area contributed by atoms with Crippen LogP contribution in [-0.2, 0) is 11.3 Å². The average Bonchev–Trinajstić information content (AvgIpc) is 3.33. The van der Waals surface area contributed by atoms with E-state index in [0.717, 1.165) is 9.71 Å². The maximum absolute atomic E-state index is 13.0. The summed E-state index contributed by atoms with van der Waals surface area (Å²) in [6.45, 7) is 2.24. The summed E-state index contributed by atoms with van der Waals surface area (Å²) < 4.78 is 7.01. The van der Waals surface area contributed by atoms with E-state index in [1.54, 1.807) is 41.2 Å². The predicted octanol–water partition coefficient (Wildman–Crippen LogP) is 4.21. The van der Waals surface area contributed by atoms with Gasteiger partial charge in [-0.15, -0.1) is 0 Å². The van der Waals surface area contributed by atoms with Crippen molar-refractivity contribution in [3.63, 3.8) is 0 Å². The fraction of sp³-hybridized carbons (Fsp3) is 0.150. The van der Waals surface area contributed by atoms with Gasteiger partial charge in [-0.2, -0.15) is 4.57 Å². The van der Waals surface area contributed by atoms with E-state index in [0.29, 0.717) is 27.0 Å². The Hall–Kier alpha value is -2.55. The Morgan fingerprint density at radius 3 is 2.90 bits per heavy atom. The lowest BCUT2D eigenvalue weighted by Gasteiger charge is -2.07. The van der Waals surface area contributed by atoms with E-state index in [1.807, 2.05) is 19.1 Å². The Morgan fingerprint density at radius 2 is 2.14 bits per heavy atom. The molecule has 3 aromatic heterocycles. The third kappa shape index (κ3) is 4.39. The lowest BCUT2D eigenvalue weighted by Crippen LogP contribution is -2.30. The molecule has 29 heavy (non-hydrogen) atoms. The Balaban J connectivity index is 1.60. The number of hydrogen-bond donors (Lipinski definition) is 1. The molecule has 0 aliphatic carbocycles. The summed E-state index contributed by atoms with van der Waals surface area (Å²) in [5.74, 6) is 0.569. The van der Waals surface area contributed by atoms with Gasteiger partial charge in [0.25, 0.3) is 0 Å². The second-order valence-corrected chi connectivity index (χ2v) is 8.94. The first-order valence-electron chi connectivity index (χ1n) is 8.77. The molecule has 1 amide bonds. The minimum absolute atomic E-state index is 0.117. The number of carbonyl (C=O) groups is 1. The molecule has 0 saturated heterocycles. The number of benzene rings is 1. The number of aromatic nitrogens is 2. The fourth-order valence-electron chi connectivity index (χ4n) is 2.87. The van der Waals surface area contributed by atoms with Gasteiger partial charge in [0.05, 0.1) is 22.7 Å².